The molecule has 2 unspecified atom stereocenters. The summed E-state index contributed by atoms with van der Waals surface area (Å²) in [6.45, 7) is 4.65. The molecule has 0 aromatic heterocycles. The zero-order valence-electron chi connectivity index (χ0n) is 15.4. The summed E-state index contributed by atoms with van der Waals surface area (Å²) < 4.78 is 38.8. The Hall–Kier alpha value is -2.09. The lowest BCUT2D eigenvalue weighted by atomic mass is 9.93. The van der Waals surface area contributed by atoms with Gasteiger partial charge in [0.2, 0.25) is 5.91 Å². The molecule has 1 heterocycles. The van der Waals surface area contributed by atoms with Gasteiger partial charge in [-0.05, 0) is 36.5 Å². The van der Waals surface area contributed by atoms with Gasteiger partial charge < -0.3 is 15.3 Å². The van der Waals surface area contributed by atoms with Gasteiger partial charge in [-0.25, -0.2) is 0 Å². The Morgan fingerprint density at radius 1 is 1.30 bits per heavy atom. The van der Waals surface area contributed by atoms with E-state index >= 15 is 0 Å². The lowest BCUT2D eigenvalue weighted by Crippen LogP contribution is -2.49. The molecule has 1 aliphatic rings. The number of nitrogens with zero attached hydrogens (tertiary/aromatic N) is 1. The standard InChI is InChI=1S/C19H25F3N2O3/c1-12(2)10-24(11-13-4-3-5-15(8-13)19(20,21)22)17(25)14-6-7-16(18(26)27)23-9-14/h3-5,8,12,14,16,23H,6-7,9-11H2,1-2H3,(H,26,27). The molecule has 0 spiro atoms. The van der Waals surface area contributed by atoms with Gasteiger partial charge in [0.05, 0.1) is 11.5 Å². The molecule has 0 radical (unpaired) electrons. The summed E-state index contributed by atoms with van der Waals surface area (Å²) in [5.74, 6) is -1.31. The van der Waals surface area contributed by atoms with Crippen molar-refractivity contribution in [1.29, 1.82) is 0 Å². The van der Waals surface area contributed by atoms with Gasteiger partial charge in [-0.2, -0.15) is 13.2 Å². The fourth-order valence-electron chi connectivity index (χ4n) is 3.28. The Labute approximate surface area is 156 Å². The third-order valence-electron chi connectivity index (χ3n) is 4.59. The summed E-state index contributed by atoms with van der Waals surface area (Å²) in [5.41, 5.74) is -0.313. The van der Waals surface area contributed by atoms with Gasteiger partial charge in [-0.3, -0.25) is 9.59 Å². The molecule has 0 bridgehead atoms. The van der Waals surface area contributed by atoms with Crippen molar-refractivity contribution in [2.45, 2.75) is 45.5 Å². The second-order valence-electron chi connectivity index (χ2n) is 7.38. The lowest BCUT2D eigenvalue weighted by molar-refractivity contribution is -0.143. The predicted octanol–water partition coefficient (Wildman–Crippen LogP) is 3.14. The van der Waals surface area contributed by atoms with Crippen molar-refractivity contribution in [3.8, 4) is 0 Å². The highest BCUT2D eigenvalue weighted by Crippen LogP contribution is 2.30. The summed E-state index contributed by atoms with van der Waals surface area (Å²) in [6.07, 6.45) is -3.63. The molecule has 2 rings (SSSR count). The third-order valence-corrected chi connectivity index (χ3v) is 4.59. The van der Waals surface area contributed by atoms with E-state index in [0.717, 1.165) is 12.1 Å². The molecule has 0 saturated carbocycles. The minimum absolute atomic E-state index is 0.0970. The molecule has 1 saturated heterocycles. The average Bonchev–Trinajstić information content (AvgIpc) is 2.60. The molecule has 150 valence electrons. The van der Waals surface area contributed by atoms with Crippen LogP contribution in [0, 0.1) is 11.8 Å². The number of hydrogen-bond donors (Lipinski definition) is 2. The maximum Gasteiger partial charge on any atom is 0.416 e. The van der Waals surface area contributed by atoms with E-state index in [4.69, 9.17) is 5.11 Å². The first-order chi connectivity index (χ1) is 12.6. The molecule has 2 atom stereocenters. The second kappa shape index (κ2) is 8.73. The number of piperidine rings is 1. The van der Waals surface area contributed by atoms with Gasteiger partial charge >= 0.3 is 12.1 Å². The number of aliphatic carboxylic acids is 1. The fraction of sp³-hybridized carbons (Fsp3) is 0.579. The zero-order chi connectivity index (χ0) is 20.2. The second-order valence-corrected chi connectivity index (χ2v) is 7.38. The number of carbonyl (C=O) groups excluding carboxylic acids is 1. The van der Waals surface area contributed by atoms with Crippen LogP contribution >= 0.6 is 0 Å². The maximum atomic E-state index is 12.9. The van der Waals surface area contributed by atoms with Crippen molar-refractivity contribution >= 4 is 11.9 Å². The van der Waals surface area contributed by atoms with Crippen LogP contribution in [0.3, 0.4) is 0 Å². The van der Waals surface area contributed by atoms with Crippen LogP contribution in [0.4, 0.5) is 13.2 Å². The molecule has 1 fully saturated rings. The summed E-state index contributed by atoms with van der Waals surface area (Å²) in [7, 11) is 0. The van der Waals surface area contributed by atoms with Crippen LogP contribution in [-0.2, 0) is 22.3 Å². The van der Waals surface area contributed by atoms with Crippen molar-refractivity contribution in [2.24, 2.45) is 11.8 Å². The number of carboxylic acids is 1. The molecule has 0 aliphatic carbocycles. The number of benzene rings is 1. The van der Waals surface area contributed by atoms with Crippen molar-refractivity contribution in [1.82, 2.24) is 10.2 Å². The molecule has 1 aliphatic heterocycles. The monoisotopic (exact) mass is 386 g/mol. The topological polar surface area (TPSA) is 69.6 Å². The summed E-state index contributed by atoms with van der Waals surface area (Å²) in [6, 6.07) is 4.34. The predicted molar refractivity (Wildman–Crippen MR) is 93.8 cm³/mol. The van der Waals surface area contributed by atoms with E-state index in [1.54, 1.807) is 11.0 Å². The van der Waals surface area contributed by atoms with Crippen LogP contribution in [0.1, 0.15) is 37.8 Å². The largest absolute Gasteiger partial charge is 0.480 e. The quantitative estimate of drug-likeness (QED) is 0.788. The van der Waals surface area contributed by atoms with Crippen LogP contribution in [0.15, 0.2) is 24.3 Å². The van der Waals surface area contributed by atoms with E-state index in [1.165, 1.54) is 6.07 Å². The molecule has 2 N–H and O–H groups in total. The molecule has 1 aromatic rings. The molecular weight excluding hydrogens is 361 g/mol. The van der Waals surface area contributed by atoms with Gasteiger partial charge in [0.25, 0.3) is 0 Å². The van der Waals surface area contributed by atoms with Crippen molar-refractivity contribution in [3.63, 3.8) is 0 Å². The molecular formula is C19H25F3N2O3. The van der Waals surface area contributed by atoms with Crippen molar-refractivity contribution in [3.05, 3.63) is 35.4 Å². The van der Waals surface area contributed by atoms with E-state index in [2.05, 4.69) is 5.32 Å². The number of amides is 1. The zero-order valence-corrected chi connectivity index (χ0v) is 15.4. The highest BCUT2D eigenvalue weighted by molar-refractivity contribution is 5.80. The Bertz CT molecular complexity index is 668. The molecule has 5 nitrogen and oxygen atoms in total. The Morgan fingerprint density at radius 3 is 2.52 bits per heavy atom. The van der Waals surface area contributed by atoms with Gasteiger partial charge in [-0.1, -0.05) is 26.0 Å². The summed E-state index contributed by atoms with van der Waals surface area (Å²) in [4.78, 5) is 25.5. The van der Waals surface area contributed by atoms with Crippen LogP contribution < -0.4 is 5.32 Å². The van der Waals surface area contributed by atoms with Gasteiger partial charge in [0.15, 0.2) is 0 Å². The normalized spacial score (nSPS) is 20.5. The number of alkyl halides is 3. The average molecular weight is 386 g/mol. The molecule has 1 amide bonds. The van der Waals surface area contributed by atoms with Crippen molar-refractivity contribution in [2.75, 3.05) is 13.1 Å². The first-order valence-corrected chi connectivity index (χ1v) is 8.99. The van der Waals surface area contributed by atoms with E-state index in [0.29, 0.717) is 24.9 Å². The van der Waals surface area contributed by atoms with Gasteiger partial charge in [0, 0.05) is 19.6 Å². The van der Waals surface area contributed by atoms with Crippen molar-refractivity contribution < 1.29 is 27.9 Å². The van der Waals surface area contributed by atoms with Crippen LogP contribution in [0.5, 0.6) is 0 Å². The van der Waals surface area contributed by atoms with Gasteiger partial charge in [0.1, 0.15) is 6.04 Å². The third kappa shape index (κ3) is 5.95. The maximum absolute atomic E-state index is 12.9. The van der Waals surface area contributed by atoms with E-state index in [-0.39, 0.29) is 30.8 Å². The first kappa shape index (κ1) is 21.2. The molecule has 27 heavy (non-hydrogen) atoms. The van der Waals surface area contributed by atoms with E-state index < -0.39 is 23.8 Å². The van der Waals surface area contributed by atoms with E-state index in [9.17, 15) is 22.8 Å². The molecule has 1 aromatic carbocycles. The first-order valence-electron chi connectivity index (χ1n) is 8.99. The number of nitrogens with one attached hydrogen (secondary N) is 1. The van der Waals surface area contributed by atoms with Crippen LogP contribution in [0.25, 0.3) is 0 Å². The van der Waals surface area contributed by atoms with Crippen LogP contribution in [0.2, 0.25) is 0 Å². The number of hydrogen-bond acceptors (Lipinski definition) is 3. The highest BCUT2D eigenvalue weighted by Gasteiger charge is 2.33. The number of carbonyl (C=O) groups is 2. The summed E-state index contributed by atoms with van der Waals surface area (Å²) >= 11 is 0. The Morgan fingerprint density at radius 2 is 2.00 bits per heavy atom. The highest BCUT2D eigenvalue weighted by atomic mass is 19.4. The number of carboxylic acid groups (broad SMARTS) is 1. The van der Waals surface area contributed by atoms with Gasteiger partial charge in [-0.15, -0.1) is 0 Å². The fourth-order valence-corrected chi connectivity index (χ4v) is 3.28. The summed E-state index contributed by atoms with van der Waals surface area (Å²) in [5, 5.41) is 11.9. The SMILES string of the molecule is CC(C)CN(Cc1cccc(C(F)(F)F)c1)C(=O)C1CCC(C(=O)O)NC1. The Kier molecular flexibility index (Phi) is 6.86. The minimum atomic E-state index is -4.43. The smallest absolute Gasteiger partial charge is 0.416 e. The molecule has 8 heteroatoms. The Balaban J connectivity index is 2.11. The number of rotatable bonds is 6. The lowest BCUT2D eigenvalue weighted by Gasteiger charge is -2.32. The van der Waals surface area contributed by atoms with E-state index in [1.807, 2.05) is 13.8 Å². The number of halogens is 3. The van der Waals surface area contributed by atoms with Crippen LogP contribution in [-0.4, -0.2) is 41.0 Å². The minimum Gasteiger partial charge on any atom is -0.480 e.